The number of aliphatic hydroxyl groups excluding tert-OH is 2. The van der Waals surface area contributed by atoms with Crippen LogP contribution in [0.1, 0.15) is 35.5 Å². The van der Waals surface area contributed by atoms with E-state index in [1.807, 2.05) is 31.2 Å². The van der Waals surface area contributed by atoms with Crippen LogP contribution in [0.5, 0.6) is 0 Å². The van der Waals surface area contributed by atoms with Crippen LogP contribution in [0.15, 0.2) is 40.8 Å². The molecule has 1 aliphatic rings. The summed E-state index contributed by atoms with van der Waals surface area (Å²) in [5.74, 6) is 7.95. The summed E-state index contributed by atoms with van der Waals surface area (Å²) in [4.78, 5) is 4.88. The van der Waals surface area contributed by atoms with E-state index in [4.69, 9.17) is 9.52 Å². The van der Waals surface area contributed by atoms with Crippen molar-refractivity contribution in [3.05, 3.63) is 59.0 Å². The quantitative estimate of drug-likeness (QED) is 0.720. The third-order valence-corrected chi connectivity index (χ3v) is 5.14. The lowest BCUT2D eigenvalue weighted by Crippen LogP contribution is -2.52. The second-order valence-electron chi connectivity index (χ2n) is 7.36. The number of hydrogen-bond donors (Lipinski definition) is 2. The van der Waals surface area contributed by atoms with Crippen LogP contribution in [0.2, 0.25) is 0 Å². The summed E-state index contributed by atoms with van der Waals surface area (Å²) in [6.07, 6.45) is 1.28. The summed E-state index contributed by atoms with van der Waals surface area (Å²) in [6.45, 7) is 6.88. The first-order valence-corrected chi connectivity index (χ1v) is 9.99. The molecule has 1 aliphatic heterocycles. The molecule has 0 unspecified atom stereocenters. The largest absolute Gasteiger partial charge is 0.465 e. The van der Waals surface area contributed by atoms with Crippen LogP contribution in [0.4, 0.5) is 0 Å². The summed E-state index contributed by atoms with van der Waals surface area (Å²) < 4.78 is 5.74. The fourth-order valence-electron chi connectivity index (χ4n) is 3.67. The Hall–Kier alpha value is -2.10. The van der Waals surface area contributed by atoms with Crippen LogP contribution >= 0.6 is 0 Å². The van der Waals surface area contributed by atoms with E-state index >= 15 is 0 Å². The summed E-state index contributed by atoms with van der Waals surface area (Å²) in [5, 5.41) is 18.3. The number of aryl methyl sites for hydroxylation is 1. The molecule has 0 spiro atoms. The van der Waals surface area contributed by atoms with E-state index in [0.717, 1.165) is 56.2 Å². The lowest BCUT2D eigenvalue weighted by atomic mass is 10.1. The molecule has 0 saturated carbocycles. The highest BCUT2D eigenvalue weighted by molar-refractivity contribution is 5.36. The zero-order valence-electron chi connectivity index (χ0n) is 16.6. The molecule has 1 fully saturated rings. The van der Waals surface area contributed by atoms with Gasteiger partial charge in [0.05, 0.1) is 13.2 Å². The zero-order chi connectivity index (χ0) is 19.8. The van der Waals surface area contributed by atoms with Crippen LogP contribution in [-0.4, -0.2) is 58.9 Å². The molecule has 28 heavy (non-hydrogen) atoms. The van der Waals surface area contributed by atoms with Gasteiger partial charge < -0.3 is 14.6 Å². The summed E-state index contributed by atoms with van der Waals surface area (Å²) in [7, 11) is 0. The Morgan fingerprint density at radius 2 is 1.86 bits per heavy atom. The third kappa shape index (κ3) is 5.95. The van der Waals surface area contributed by atoms with E-state index in [2.05, 4.69) is 33.8 Å². The van der Waals surface area contributed by atoms with Gasteiger partial charge in [-0.15, -0.1) is 0 Å². The van der Waals surface area contributed by atoms with E-state index in [1.54, 1.807) is 0 Å². The molecule has 0 aliphatic carbocycles. The highest BCUT2D eigenvalue weighted by Gasteiger charge is 2.27. The van der Waals surface area contributed by atoms with Crippen molar-refractivity contribution in [2.45, 2.75) is 38.9 Å². The van der Waals surface area contributed by atoms with Crippen molar-refractivity contribution in [2.24, 2.45) is 0 Å². The summed E-state index contributed by atoms with van der Waals surface area (Å²) >= 11 is 0. The first kappa shape index (κ1) is 20.6. The number of aliphatic hydroxyl groups is 2. The van der Waals surface area contributed by atoms with Crippen molar-refractivity contribution in [1.82, 2.24) is 9.80 Å². The molecule has 0 radical (unpaired) electrons. The summed E-state index contributed by atoms with van der Waals surface area (Å²) in [5.41, 5.74) is 2.25. The van der Waals surface area contributed by atoms with Crippen LogP contribution in [-0.2, 0) is 13.1 Å². The van der Waals surface area contributed by atoms with Gasteiger partial charge in [0.1, 0.15) is 11.5 Å². The van der Waals surface area contributed by atoms with Gasteiger partial charge in [0.25, 0.3) is 0 Å². The van der Waals surface area contributed by atoms with Gasteiger partial charge in [0, 0.05) is 50.8 Å². The monoisotopic (exact) mass is 382 g/mol. The van der Waals surface area contributed by atoms with Gasteiger partial charge in [0.15, 0.2) is 0 Å². The fourth-order valence-corrected chi connectivity index (χ4v) is 3.67. The Kier molecular flexibility index (Phi) is 7.70. The SMILES string of the molecule is Cc1ccc(CN2CCN(Cc3ccc(C#CCCO)cc3)C[C@H]2CCO)o1. The van der Waals surface area contributed by atoms with Crippen molar-refractivity contribution in [1.29, 1.82) is 0 Å². The van der Waals surface area contributed by atoms with Gasteiger partial charge >= 0.3 is 0 Å². The standard InChI is InChI=1S/C23H30N2O3/c1-19-5-10-23(28-19)18-25-13-12-24(17-22(25)11-15-27)16-21-8-6-20(7-9-21)4-2-3-14-26/h5-10,22,26-27H,3,11-18H2,1H3/t22-/m1/s1. The lowest BCUT2D eigenvalue weighted by molar-refractivity contribution is 0.0454. The highest BCUT2D eigenvalue weighted by Crippen LogP contribution is 2.19. The third-order valence-electron chi connectivity index (χ3n) is 5.14. The molecular formula is C23H30N2O3. The average molecular weight is 383 g/mol. The normalized spacial score (nSPS) is 18.0. The molecule has 1 aromatic heterocycles. The maximum Gasteiger partial charge on any atom is 0.118 e. The molecule has 2 N–H and O–H groups in total. The van der Waals surface area contributed by atoms with Gasteiger partial charge in [-0.2, -0.15) is 0 Å². The lowest BCUT2D eigenvalue weighted by Gasteiger charge is -2.41. The first-order valence-electron chi connectivity index (χ1n) is 9.99. The van der Waals surface area contributed by atoms with E-state index in [0.29, 0.717) is 12.5 Å². The first-order chi connectivity index (χ1) is 13.7. The van der Waals surface area contributed by atoms with Gasteiger partial charge in [-0.3, -0.25) is 9.80 Å². The topological polar surface area (TPSA) is 60.1 Å². The minimum absolute atomic E-state index is 0.103. The predicted molar refractivity (Wildman–Crippen MR) is 110 cm³/mol. The molecule has 1 aromatic carbocycles. The molecule has 0 amide bonds. The highest BCUT2D eigenvalue weighted by atomic mass is 16.3. The zero-order valence-corrected chi connectivity index (χ0v) is 16.6. The molecule has 150 valence electrons. The Labute approximate surface area is 167 Å². The van der Waals surface area contributed by atoms with Crippen LogP contribution in [0.3, 0.4) is 0 Å². The Bertz CT molecular complexity index is 788. The van der Waals surface area contributed by atoms with Crippen LogP contribution in [0, 0.1) is 18.8 Å². The van der Waals surface area contributed by atoms with Gasteiger partial charge in [-0.25, -0.2) is 0 Å². The molecule has 5 nitrogen and oxygen atoms in total. The van der Waals surface area contributed by atoms with Crippen molar-refractivity contribution >= 4 is 0 Å². The van der Waals surface area contributed by atoms with Crippen LogP contribution in [0.25, 0.3) is 0 Å². The van der Waals surface area contributed by atoms with Gasteiger partial charge in [0.2, 0.25) is 0 Å². The van der Waals surface area contributed by atoms with Crippen molar-refractivity contribution in [3.8, 4) is 11.8 Å². The number of hydrogen-bond acceptors (Lipinski definition) is 5. The number of furan rings is 1. The van der Waals surface area contributed by atoms with E-state index in [9.17, 15) is 5.11 Å². The average Bonchev–Trinajstić information content (AvgIpc) is 3.10. The summed E-state index contributed by atoms with van der Waals surface area (Å²) in [6, 6.07) is 12.7. The molecule has 0 bridgehead atoms. The number of nitrogens with zero attached hydrogens (tertiary/aromatic N) is 2. The maximum atomic E-state index is 9.50. The molecule has 2 aromatic rings. The van der Waals surface area contributed by atoms with Gasteiger partial charge in [-0.1, -0.05) is 24.0 Å². The fraction of sp³-hybridized carbons (Fsp3) is 0.478. The van der Waals surface area contributed by atoms with Gasteiger partial charge in [-0.05, 0) is 43.2 Å². The molecule has 2 heterocycles. The van der Waals surface area contributed by atoms with Crippen molar-refractivity contribution < 1.29 is 14.6 Å². The van der Waals surface area contributed by atoms with Crippen molar-refractivity contribution in [2.75, 3.05) is 32.8 Å². The number of piperazine rings is 1. The number of benzene rings is 1. The Balaban J connectivity index is 1.56. The Morgan fingerprint density at radius 1 is 1.04 bits per heavy atom. The molecule has 3 rings (SSSR count). The van der Waals surface area contributed by atoms with E-state index < -0.39 is 0 Å². The van der Waals surface area contributed by atoms with Crippen molar-refractivity contribution in [3.63, 3.8) is 0 Å². The van der Waals surface area contributed by atoms with E-state index in [-0.39, 0.29) is 13.2 Å². The number of rotatable bonds is 7. The molecule has 1 saturated heterocycles. The molecule has 1 atom stereocenters. The maximum absolute atomic E-state index is 9.50. The second kappa shape index (κ2) is 10.4. The second-order valence-corrected chi connectivity index (χ2v) is 7.36. The van der Waals surface area contributed by atoms with E-state index in [1.165, 1.54) is 5.56 Å². The Morgan fingerprint density at radius 3 is 2.54 bits per heavy atom. The molecule has 5 heteroatoms. The predicted octanol–water partition coefficient (Wildman–Crippen LogP) is 2.39. The van der Waals surface area contributed by atoms with Crippen LogP contribution < -0.4 is 0 Å². The smallest absolute Gasteiger partial charge is 0.118 e. The molecular weight excluding hydrogens is 352 g/mol. The minimum atomic E-state index is 0.103. The minimum Gasteiger partial charge on any atom is -0.465 e.